The van der Waals surface area contributed by atoms with Gasteiger partial charge in [0.2, 0.25) is 0 Å². The van der Waals surface area contributed by atoms with Crippen molar-refractivity contribution in [3.63, 3.8) is 0 Å². The Hall–Kier alpha value is -2.61. The number of alkyl carbamates (subject to hydrolysis) is 1. The van der Waals surface area contributed by atoms with E-state index in [1.807, 2.05) is 30.3 Å². The van der Waals surface area contributed by atoms with Crippen molar-refractivity contribution >= 4 is 18.0 Å². The molecule has 0 spiro atoms. The zero-order chi connectivity index (χ0) is 21.7. The van der Waals surface area contributed by atoms with E-state index in [0.29, 0.717) is 25.8 Å². The van der Waals surface area contributed by atoms with Crippen LogP contribution in [0.2, 0.25) is 0 Å². The number of hydrogen-bond donors (Lipinski definition) is 2. The number of nitrogens with one attached hydrogen (secondary N) is 2. The molecule has 1 amide bonds. The monoisotopic (exact) mass is 408 g/mol. The molecule has 0 radical (unpaired) electrons. The quantitative estimate of drug-likeness (QED) is 0.329. The molecular weight excluding hydrogens is 376 g/mol. The van der Waals surface area contributed by atoms with Gasteiger partial charge in [-0.05, 0) is 45.6 Å². The standard InChI is InChI=1S/C21H32N2O6/c1-21(2,3)29-18(24)14-23-17(19(25)27-4)12-8-9-13-22-20(26)28-15-16-10-6-5-7-11-16/h5-7,10-11,17,23H,8-9,12-15H2,1-4H3,(H,22,26)/t17-/m0/s1. The van der Waals surface area contributed by atoms with E-state index in [1.165, 1.54) is 7.11 Å². The topological polar surface area (TPSA) is 103 Å². The average molecular weight is 408 g/mol. The predicted molar refractivity (Wildman–Crippen MR) is 108 cm³/mol. The Kier molecular flexibility index (Phi) is 10.8. The maximum absolute atomic E-state index is 11.9. The third-order valence-corrected chi connectivity index (χ3v) is 3.80. The molecule has 0 aliphatic carbocycles. The van der Waals surface area contributed by atoms with E-state index in [1.54, 1.807) is 20.8 Å². The van der Waals surface area contributed by atoms with Gasteiger partial charge in [-0.25, -0.2) is 4.79 Å². The largest absolute Gasteiger partial charge is 0.468 e. The summed E-state index contributed by atoms with van der Waals surface area (Å²) in [7, 11) is 1.30. The van der Waals surface area contributed by atoms with Crippen molar-refractivity contribution in [3.8, 4) is 0 Å². The second-order valence-corrected chi connectivity index (χ2v) is 7.53. The maximum atomic E-state index is 11.9. The number of carbonyl (C=O) groups excluding carboxylic acids is 3. The SMILES string of the molecule is COC(=O)[C@H](CCCCNC(=O)OCc1ccccc1)NCC(=O)OC(C)(C)C. The molecule has 1 aromatic rings. The van der Waals surface area contributed by atoms with Crippen LogP contribution >= 0.6 is 0 Å². The zero-order valence-electron chi connectivity index (χ0n) is 17.7. The number of methoxy groups -OCH3 is 1. The minimum Gasteiger partial charge on any atom is -0.468 e. The van der Waals surface area contributed by atoms with Gasteiger partial charge in [0.05, 0.1) is 13.7 Å². The van der Waals surface area contributed by atoms with E-state index >= 15 is 0 Å². The van der Waals surface area contributed by atoms with Crippen LogP contribution in [-0.2, 0) is 30.4 Å². The lowest BCUT2D eigenvalue weighted by Crippen LogP contribution is -2.42. The van der Waals surface area contributed by atoms with Crippen LogP contribution in [0.3, 0.4) is 0 Å². The minimum atomic E-state index is -0.613. The smallest absolute Gasteiger partial charge is 0.407 e. The van der Waals surface area contributed by atoms with Crippen LogP contribution < -0.4 is 10.6 Å². The van der Waals surface area contributed by atoms with Gasteiger partial charge >= 0.3 is 18.0 Å². The molecule has 162 valence electrons. The lowest BCUT2D eigenvalue weighted by molar-refractivity contribution is -0.154. The van der Waals surface area contributed by atoms with Gasteiger partial charge in [0.1, 0.15) is 18.2 Å². The summed E-state index contributed by atoms with van der Waals surface area (Å²) in [5.41, 5.74) is 0.333. The van der Waals surface area contributed by atoms with Gasteiger partial charge in [-0.2, -0.15) is 0 Å². The molecule has 8 heteroatoms. The van der Waals surface area contributed by atoms with Crippen LogP contribution in [0, 0.1) is 0 Å². The number of ether oxygens (including phenoxy) is 3. The molecule has 0 aromatic heterocycles. The van der Waals surface area contributed by atoms with Gasteiger partial charge in [-0.1, -0.05) is 30.3 Å². The van der Waals surface area contributed by atoms with E-state index in [0.717, 1.165) is 5.56 Å². The predicted octanol–water partition coefficient (Wildman–Crippen LogP) is 2.56. The number of unbranched alkanes of at least 4 members (excludes halogenated alkanes) is 1. The van der Waals surface area contributed by atoms with Gasteiger partial charge in [0.15, 0.2) is 0 Å². The van der Waals surface area contributed by atoms with Crippen LogP contribution in [0.1, 0.15) is 45.6 Å². The van der Waals surface area contributed by atoms with Crippen molar-refractivity contribution in [2.75, 3.05) is 20.2 Å². The molecule has 0 fully saturated rings. The van der Waals surface area contributed by atoms with Gasteiger partial charge in [-0.15, -0.1) is 0 Å². The molecule has 0 bridgehead atoms. The third-order valence-electron chi connectivity index (χ3n) is 3.80. The lowest BCUT2D eigenvalue weighted by atomic mass is 10.1. The summed E-state index contributed by atoms with van der Waals surface area (Å²) in [6, 6.07) is 8.80. The van der Waals surface area contributed by atoms with Crippen LogP contribution in [0.4, 0.5) is 4.79 Å². The van der Waals surface area contributed by atoms with Crippen LogP contribution in [0.15, 0.2) is 30.3 Å². The van der Waals surface area contributed by atoms with Crippen LogP contribution in [-0.4, -0.2) is 49.9 Å². The number of amides is 1. The molecule has 0 unspecified atom stereocenters. The fourth-order valence-corrected chi connectivity index (χ4v) is 2.47. The summed E-state index contributed by atoms with van der Waals surface area (Å²) in [5.74, 6) is -0.877. The third kappa shape index (κ3) is 11.7. The highest BCUT2D eigenvalue weighted by atomic mass is 16.6. The van der Waals surface area contributed by atoms with Crippen molar-refractivity contribution < 1.29 is 28.6 Å². The first-order valence-corrected chi connectivity index (χ1v) is 9.69. The highest BCUT2D eigenvalue weighted by Crippen LogP contribution is 2.07. The van der Waals surface area contributed by atoms with Gasteiger partial charge < -0.3 is 19.5 Å². The van der Waals surface area contributed by atoms with Crippen LogP contribution in [0.5, 0.6) is 0 Å². The summed E-state index contributed by atoms with van der Waals surface area (Å²) in [6.45, 7) is 5.89. The first kappa shape index (κ1) is 24.4. The molecule has 29 heavy (non-hydrogen) atoms. The number of rotatable bonds is 11. The summed E-state index contributed by atoms with van der Waals surface area (Å²) >= 11 is 0. The second-order valence-electron chi connectivity index (χ2n) is 7.53. The Balaban J connectivity index is 2.24. The summed E-state index contributed by atoms with van der Waals surface area (Å²) in [5, 5.41) is 5.54. The number of benzene rings is 1. The van der Waals surface area contributed by atoms with E-state index < -0.39 is 29.7 Å². The number of esters is 2. The maximum Gasteiger partial charge on any atom is 0.407 e. The van der Waals surface area contributed by atoms with E-state index in [-0.39, 0.29) is 13.2 Å². The Bertz CT molecular complexity index is 642. The van der Waals surface area contributed by atoms with Crippen molar-refractivity contribution in [2.45, 2.75) is 58.3 Å². The van der Waals surface area contributed by atoms with Crippen molar-refractivity contribution in [1.82, 2.24) is 10.6 Å². The molecule has 0 saturated carbocycles. The zero-order valence-corrected chi connectivity index (χ0v) is 17.7. The van der Waals surface area contributed by atoms with Gasteiger partial charge in [-0.3, -0.25) is 14.9 Å². The molecule has 1 atom stereocenters. The highest BCUT2D eigenvalue weighted by molar-refractivity contribution is 5.77. The molecule has 0 aliphatic heterocycles. The normalized spacial score (nSPS) is 12.0. The number of carbonyl (C=O) groups is 3. The Morgan fingerprint density at radius 3 is 2.38 bits per heavy atom. The number of hydrogen-bond acceptors (Lipinski definition) is 7. The molecule has 0 saturated heterocycles. The van der Waals surface area contributed by atoms with E-state index in [4.69, 9.17) is 14.2 Å². The van der Waals surface area contributed by atoms with Gasteiger partial charge in [0, 0.05) is 6.54 Å². The Morgan fingerprint density at radius 2 is 1.76 bits per heavy atom. The Labute approximate surface area is 172 Å². The van der Waals surface area contributed by atoms with Crippen molar-refractivity contribution in [3.05, 3.63) is 35.9 Å². The van der Waals surface area contributed by atoms with Crippen LogP contribution in [0.25, 0.3) is 0 Å². The lowest BCUT2D eigenvalue weighted by Gasteiger charge is -2.21. The summed E-state index contributed by atoms with van der Waals surface area (Å²) in [6.07, 6.45) is 1.29. The van der Waals surface area contributed by atoms with Crippen molar-refractivity contribution in [2.24, 2.45) is 0 Å². The fourth-order valence-electron chi connectivity index (χ4n) is 2.47. The fraction of sp³-hybridized carbons (Fsp3) is 0.571. The average Bonchev–Trinajstić information content (AvgIpc) is 2.67. The highest BCUT2D eigenvalue weighted by Gasteiger charge is 2.21. The molecular formula is C21H32N2O6. The Morgan fingerprint density at radius 1 is 1.07 bits per heavy atom. The molecule has 1 rings (SSSR count). The van der Waals surface area contributed by atoms with E-state index in [9.17, 15) is 14.4 Å². The minimum absolute atomic E-state index is 0.0822. The molecule has 0 aliphatic rings. The van der Waals surface area contributed by atoms with Gasteiger partial charge in [0.25, 0.3) is 0 Å². The van der Waals surface area contributed by atoms with E-state index in [2.05, 4.69) is 10.6 Å². The first-order chi connectivity index (χ1) is 13.7. The second kappa shape index (κ2) is 12.8. The summed E-state index contributed by atoms with van der Waals surface area (Å²) < 4.78 is 15.1. The molecule has 8 nitrogen and oxygen atoms in total. The summed E-state index contributed by atoms with van der Waals surface area (Å²) in [4.78, 5) is 35.4. The molecule has 0 heterocycles. The van der Waals surface area contributed by atoms with Crippen molar-refractivity contribution in [1.29, 1.82) is 0 Å². The first-order valence-electron chi connectivity index (χ1n) is 9.69. The molecule has 2 N–H and O–H groups in total. The molecule has 1 aromatic carbocycles.